The van der Waals surface area contributed by atoms with Crippen LogP contribution in [0.15, 0.2) is 24.3 Å². The van der Waals surface area contributed by atoms with Crippen LogP contribution in [0.5, 0.6) is 0 Å². The first-order valence-corrected chi connectivity index (χ1v) is 6.20. The molecule has 0 radical (unpaired) electrons. The van der Waals surface area contributed by atoms with E-state index in [2.05, 4.69) is 5.32 Å². The van der Waals surface area contributed by atoms with Gasteiger partial charge in [0.2, 0.25) is 0 Å². The predicted molar refractivity (Wildman–Crippen MR) is 71.9 cm³/mol. The van der Waals surface area contributed by atoms with Crippen LogP contribution >= 0.6 is 12.4 Å². The van der Waals surface area contributed by atoms with Gasteiger partial charge in [0.1, 0.15) is 6.67 Å². The fraction of sp³-hybridized carbons (Fsp3) is 0.538. The second-order valence-corrected chi connectivity index (χ2v) is 4.58. The van der Waals surface area contributed by atoms with Gasteiger partial charge in [-0.25, -0.2) is 4.39 Å². The van der Waals surface area contributed by atoms with E-state index in [1.54, 1.807) is 0 Å². The zero-order valence-electron chi connectivity index (χ0n) is 10.8. The second kappa shape index (κ2) is 7.24. The Morgan fingerprint density at radius 2 is 1.65 bits per heavy atom. The lowest BCUT2D eigenvalue weighted by molar-refractivity contribution is -0.137. The van der Waals surface area contributed by atoms with Gasteiger partial charge in [0.05, 0.1) is 11.6 Å². The number of piperazine rings is 1. The normalized spacial score (nSPS) is 18.4. The highest BCUT2D eigenvalue weighted by Crippen LogP contribution is 2.31. The molecule has 0 bridgehead atoms. The van der Waals surface area contributed by atoms with Gasteiger partial charge in [-0.3, -0.25) is 4.90 Å². The third-order valence-electron chi connectivity index (χ3n) is 3.36. The molecule has 2 nitrogen and oxygen atoms in total. The number of hydrogen-bond donors (Lipinski definition) is 1. The van der Waals surface area contributed by atoms with Crippen LogP contribution < -0.4 is 5.32 Å². The quantitative estimate of drug-likeness (QED) is 0.863. The van der Waals surface area contributed by atoms with E-state index in [1.165, 1.54) is 12.1 Å². The minimum Gasteiger partial charge on any atom is -0.314 e. The lowest BCUT2D eigenvalue weighted by Crippen LogP contribution is -2.45. The van der Waals surface area contributed by atoms with Gasteiger partial charge in [0.25, 0.3) is 0 Å². The molecule has 0 aromatic heterocycles. The Kier molecular flexibility index (Phi) is 6.23. The molecule has 114 valence electrons. The summed E-state index contributed by atoms with van der Waals surface area (Å²) in [5.41, 5.74) is -0.105. The van der Waals surface area contributed by atoms with Crippen molar-refractivity contribution in [3.05, 3.63) is 35.4 Å². The van der Waals surface area contributed by atoms with Crippen molar-refractivity contribution in [1.29, 1.82) is 0 Å². The summed E-state index contributed by atoms with van der Waals surface area (Å²) in [5.74, 6) is 0. The van der Waals surface area contributed by atoms with E-state index in [9.17, 15) is 17.6 Å². The molecule has 0 saturated carbocycles. The van der Waals surface area contributed by atoms with Crippen LogP contribution in [0.1, 0.15) is 17.2 Å². The maximum Gasteiger partial charge on any atom is 0.416 e. The zero-order chi connectivity index (χ0) is 13.9. The zero-order valence-corrected chi connectivity index (χ0v) is 11.6. The van der Waals surface area contributed by atoms with Crippen molar-refractivity contribution in [1.82, 2.24) is 10.2 Å². The van der Waals surface area contributed by atoms with Crippen molar-refractivity contribution in [2.75, 3.05) is 32.9 Å². The molecule has 0 amide bonds. The van der Waals surface area contributed by atoms with E-state index in [1.807, 2.05) is 4.90 Å². The Morgan fingerprint density at radius 1 is 1.10 bits per heavy atom. The monoisotopic (exact) mass is 312 g/mol. The van der Waals surface area contributed by atoms with Gasteiger partial charge in [0, 0.05) is 26.2 Å². The Hall–Kier alpha value is -0.850. The molecular weight excluding hydrogens is 296 g/mol. The second-order valence-electron chi connectivity index (χ2n) is 4.58. The lowest BCUT2D eigenvalue weighted by atomic mass is 10.0. The number of rotatable bonds is 3. The molecular formula is C13H17ClF4N2. The van der Waals surface area contributed by atoms with E-state index in [0.29, 0.717) is 18.7 Å². The molecule has 20 heavy (non-hydrogen) atoms. The van der Waals surface area contributed by atoms with Crippen molar-refractivity contribution >= 4 is 12.4 Å². The van der Waals surface area contributed by atoms with Crippen LogP contribution in [0.2, 0.25) is 0 Å². The maximum absolute atomic E-state index is 13.2. The Balaban J connectivity index is 0.00000200. The number of nitrogens with one attached hydrogen (secondary N) is 1. The van der Waals surface area contributed by atoms with Gasteiger partial charge in [-0.15, -0.1) is 12.4 Å². The SMILES string of the molecule is Cl.FC[C@H](c1ccc(C(F)(F)F)cc1)N1CCNCC1. The first-order chi connectivity index (χ1) is 9.02. The van der Waals surface area contributed by atoms with Gasteiger partial charge >= 0.3 is 6.18 Å². The molecule has 1 saturated heterocycles. The van der Waals surface area contributed by atoms with E-state index < -0.39 is 24.5 Å². The molecule has 1 heterocycles. The summed E-state index contributed by atoms with van der Waals surface area (Å²) in [6.45, 7) is 2.37. The average Bonchev–Trinajstić information content (AvgIpc) is 2.40. The third-order valence-corrected chi connectivity index (χ3v) is 3.36. The lowest BCUT2D eigenvalue weighted by Gasteiger charge is -2.33. The highest BCUT2D eigenvalue weighted by atomic mass is 35.5. The fourth-order valence-electron chi connectivity index (χ4n) is 2.29. The molecule has 1 aliphatic heterocycles. The Bertz CT molecular complexity index is 402. The molecule has 0 aliphatic carbocycles. The molecule has 1 aliphatic rings. The molecule has 0 unspecified atom stereocenters. The highest BCUT2D eigenvalue weighted by Gasteiger charge is 2.30. The van der Waals surface area contributed by atoms with Crippen molar-refractivity contribution < 1.29 is 17.6 Å². The molecule has 1 atom stereocenters. The Labute approximate surface area is 121 Å². The molecule has 1 aromatic carbocycles. The van der Waals surface area contributed by atoms with Crippen LogP contribution in [0.3, 0.4) is 0 Å². The number of hydrogen-bond acceptors (Lipinski definition) is 2. The summed E-state index contributed by atoms with van der Waals surface area (Å²) in [6.07, 6.45) is -4.35. The first kappa shape index (κ1) is 17.2. The number of nitrogens with zero attached hydrogens (tertiary/aromatic N) is 1. The summed E-state index contributed by atoms with van der Waals surface area (Å²) >= 11 is 0. The molecule has 0 spiro atoms. The molecule has 1 fully saturated rings. The smallest absolute Gasteiger partial charge is 0.314 e. The van der Waals surface area contributed by atoms with Crippen LogP contribution in [-0.2, 0) is 6.18 Å². The van der Waals surface area contributed by atoms with E-state index >= 15 is 0 Å². The van der Waals surface area contributed by atoms with Crippen LogP contribution in [0, 0.1) is 0 Å². The minimum absolute atomic E-state index is 0. The van der Waals surface area contributed by atoms with Crippen molar-refractivity contribution in [3.63, 3.8) is 0 Å². The van der Waals surface area contributed by atoms with E-state index in [0.717, 1.165) is 25.2 Å². The van der Waals surface area contributed by atoms with Crippen molar-refractivity contribution in [2.45, 2.75) is 12.2 Å². The summed E-state index contributed by atoms with van der Waals surface area (Å²) < 4.78 is 50.6. The topological polar surface area (TPSA) is 15.3 Å². The van der Waals surface area contributed by atoms with Gasteiger partial charge in [-0.1, -0.05) is 12.1 Å². The number of benzene rings is 1. The van der Waals surface area contributed by atoms with Crippen LogP contribution in [-0.4, -0.2) is 37.8 Å². The summed E-state index contributed by atoms with van der Waals surface area (Å²) in [4.78, 5) is 1.96. The van der Waals surface area contributed by atoms with E-state index in [-0.39, 0.29) is 12.4 Å². The summed E-state index contributed by atoms with van der Waals surface area (Å²) in [5, 5.41) is 3.16. The molecule has 7 heteroatoms. The van der Waals surface area contributed by atoms with Crippen LogP contribution in [0.4, 0.5) is 17.6 Å². The molecule has 2 rings (SSSR count). The van der Waals surface area contributed by atoms with Crippen LogP contribution in [0.25, 0.3) is 0 Å². The van der Waals surface area contributed by atoms with Gasteiger partial charge < -0.3 is 5.32 Å². The largest absolute Gasteiger partial charge is 0.416 e. The first-order valence-electron chi connectivity index (χ1n) is 6.20. The van der Waals surface area contributed by atoms with E-state index in [4.69, 9.17) is 0 Å². The summed E-state index contributed by atoms with van der Waals surface area (Å²) in [6, 6.07) is 4.31. The predicted octanol–water partition coefficient (Wildman–Crippen LogP) is 3.04. The standard InChI is InChI=1S/C13H16F4N2.ClH/c14-9-12(19-7-5-18-6-8-19)10-1-3-11(4-2-10)13(15,16)17;/h1-4,12,18H,5-9H2;1H/t12-;/m1./s1. The van der Waals surface area contributed by atoms with Gasteiger partial charge in [0.15, 0.2) is 0 Å². The number of halogens is 5. The third kappa shape index (κ3) is 4.07. The van der Waals surface area contributed by atoms with Crippen molar-refractivity contribution in [2.24, 2.45) is 0 Å². The maximum atomic E-state index is 13.2. The summed E-state index contributed by atoms with van der Waals surface area (Å²) in [7, 11) is 0. The highest BCUT2D eigenvalue weighted by molar-refractivity contribution is 5.85. The average molecular weight is 313 g/mol. The van der Waals surface area contributed by atoms with Crippen molar-refractivity contribution in [3.8, 4) is 0 Å². The number of alkyl halides is 4. The minimum atomic E-state index is -4.35. The van der Waals surface area contributed by atoms with Gasteiger partial charge in [-0.2, -0.15) is 13.2 Å². The van der Waals surface area contributed by atoms with Gasteiger partial charge in [-0.05, 0) is 17.7 Å². The molecule has 1 aromatic rings. The molecule has 1 N–H and O–H groups in total. The Morgan fingerprint density at radius 3 is 2.10 bits per heavy atom. The fourth-order valence-corrected chi connectivity index (χ4v) is 2.29.